The molecule has 1 fully saturated rings. The zero-order valence-corrected chi connectivity index (χ0v) is 13.7. The summed E-state index contributed by atoms with van der Waals surface area (Å²) < 4.78 is 17.1. The maximum absolute atomic E-state index is 6.29. The van der Waals surface area contributed by atoms with E-state index in [1.165, 1.54) is 0 Å². The van der Waals surface area contributed by atoms with Crippen LogP contribution in [0, 0.1) is 5.41 Å². The number of nitrogens with one attached hydrogen (secondary N) is 1. The minimum Gasteiger partial charge on any atom is -0.497 e. The lowest BCUT2D eigenvalue weighted by molar-refractivity contribution is -0.0560. The molecule has 2 rings (SSSR count). The smallest absolute Gasteiger partial charge is 0.124 e. The molecule has 1 aliphatic rings. The SMILES string of the molecule is COc1ccc(OC)c(C2CNCC(CC(C)(C)C)O2)c1. The molecule has 2 unspecified atom stereocenters. The van der Waals surface area contributed by atoms with Crippen LogP contribution in [-0.4, -0.2) is 33.4 Å². The van der Waals surface area contributed by atoms with Crippen molar-refractivity contribution in [3.05, 3.63) is 23.8 Å². The topological polar surface area (TPSA) is 39.7 Å². The molecule has 1 aromatic rings. The lowest BCUT2D eigenvalue weighted by Crippen LogP contribution is -2.42. The second-order valence-corrected chi connectivity index (χ2v) is 6.78. The maximum Gasteiger partial charge on any atom is 0.124 e. The van der Waals surface area contributed by atoms with Crippen molar-refractivity contribution in [1.82, 2.24) is 5.32 Å². The van der Waals surface area contributed by atoms with Crippen molar-refractivity contribution >= 4 is 0 Å². The minimum atomic E-state index is -0.00356. The van der Waals surface area contributed by atoms with Crippen molar-refractivity contribution in [1.29, 1.82) is 0 Å². The Hall–Kier alpha value is -1.26. The van der Waals surface area contributed by atoms with Crippen LogP contribution in [0.5, 0.6) is 11.5 Å². The molecule has 0 bridgehead atoms. The Bertz CT molecular complexity index is 468. The van der Waals surface area contributed by atoms with Crippen LogP contribution >= 0.6 is 0 Å². The van der Waals surface area contributed by atoms with Gasteiger partial charge in [-0.05, 0) is 30.0 Å². The first kappa shape index (κ1) is 16.1. The molecule has 2 atom stereocenters. The highest BCUT2D eigenvalue weighted by Gasteiger charge is 2.28. The predicted octanol–water partition coefficient (Wildman–Crippen LogP) is 3.17. The Morgan fingerprint density at radius 2 is 1.95 bits per heavy atom. The Morgan fingerprint density at radius 1 is 1.19 bits per heavy atom. The van der Waals surface area contributed by atoms with Crippen LogP contribution in [0.25, 0.3) is 0 Å². The monoisotopic (exact) mass is 293 g/mol. The number of hydrogen-bond donors (Lipinski definition) is 1. The maximum atomic E-state index is 6.29. The van der Waals surface area contributed by atoms with Gasteiger partial charge in [0.15, 0.2) is 0 Å². The number of rotatable bonds is 4. The molecule has 0 radical (unpaired) electrons. The number of ether oxygens (including phenoxy) is 3. The molecule has 1 aliphatic heterocycles. The van der Waals surface area contributed by atoms with Crippen LogP contribution in [0.4, 0.5) is 0 Å². The summed E-state index contributed by atoms with van der Waals surface area (Å²) in [4.78, 5) is 0. The standard InChI is InChI=1S/C17H27NO3/c1-17(2,3)9-13-10-18-11-16(21-13)14-8-12(19-4)6-7-15(14)20-5/h6-8,13,16,18H,9-11H2,1-5H3. The Balaban J connectivity index is 2.17. The van der Waals surface area contributed by atoms with Gasteiger partial charge < -0.3 is 19.5 Å². The summed E-state index contributed by atoms with van der Waals surface area (Å²) in [7, 11) is 3.36. The zero-order valence-electron chi connectivity index (χ0n) is 13.7. The summed E-state index contributed by atoms with van der Waals surface area (Å²) in [5.74, 6) is 1.67. The van der Waals surface area contributed by atoms with E-state index < -0.39 is 0 Å². The van der Waals surface area contributed by atoms with E-state index in [0.29, 0.717) is 0 Å². The Kier molecular flexibility index (Phi) is 5.12. The van der Waals surface area contributed by atoms with Gasteiger partial charge in [0.25, 0.3) is 0 Å². The molecule has 1 aromatic carbocycles. The van der Waals surface area contributed by atoms with Crippen molar-refractivity contribution in [2.45, 2.75) is 39.4 Å². The number of methoxy groups -OCH3 is 2. The lowest BCUT2D eigenvalue weighted by Gasteiger charge is -2.35. The van der Waals surface area contributed by atoms with E-state index in [2.05, 4.69) is 26.1 Å². The normalized spacial score (nSPS) is 22.9. The van der Waals surface area contributed by atoms with Gasteiger partial charge >= 0.3 is 0 Å². The second-order valence-electron chi connectivity index (χ2n) is 6.78. The molecule has 0 aliphatic carbocycles. The van der Waals surface area contributed by atoms with Crippen molar-refractivity contribution < 1.29 is 14.2 Å². The van der Waals surface area contributed by atoms with Gasteiger partial charge in [-0.2, -0.15) is 0 Å². The molecule has 4 heteroatoms. The summed E-state index contributed by atoms with van der Waals surface area (Å²) in [5, 5.41) is 3.47. The Morgan fingerprint density at radius 3 is 2.57 bits per heavy atom. The van der Waals surface area contributed by atoms with E-state index >= 15 is 0 Å². The summed E-state index contributed by atoms with van der Waals surface area (Å²) in [6.07, 6.45) is 1.25. The van der Waals surface area contributed by atoms with Gasteiger partial charge in [0.1, 0.15) is 11.5 Å². The summed E-state index contributed by atoms with van der Waals surface area (Å²) in [6, 6.07) is 5.85. The average Bonchev–Trinajstić information content (AvgIpc) is 2.45. The summed E-state index contributed by atoms with van der Waals surface area (Å²) in [5.41, 5.74) is 1.30. The van der Waals surface area contributed by atoms with Crippen LogP contribution in [0.2, 0.25) is 0 Å². The first-order valence-electron chi connectivity index (χ1n) is 7.51. The number of morpholine rings is 1. The molecule has 21 heavy (non-hydrogen) atoms. The fourth-order valence-electron chi connectivity index (χ4n) is 2.78. The van der Waals surface area contributed by atoms with Gasteiger partial charge in [0.05, 0.1) is 26.4 Å². The highest BCUT2D eigenvalue weighted by Crippen LogP contribution is 2.34. The van der Waals surface area contributed by atoms with Crippen LogP contribution in [0.15, 0.2) is 18.2 Å². The molecular formula is C17H27NO3. The van der Waals surface area contributed by atoms with Crippen molar-refractivity contribution in [3.63, 3.8) is 0 Å². The first-order chi connectivity index (χ1) is 9.93. The minimum absolute atomic E-state index is 0.00356. The highest BCUT2D eigenvalue weighted by molar-refractivity contribution is 5.42. The zero-order chi connectivity index (χ0) is 15.5. The fraction of sp³-hybridized carbons (Fsp3) is 0.647. The van der Waals surface area contributed by atoms with Crippen molar-refractivity contribution in [2.24, 2.45) is 5.41 Å². The molecule has 4 nitrogen and oxygen atoms in total. The van der Waals surface area contributed by atoms with E-state index in [1.54, 1.807) is 14.2 Å². The van der Waals surface area contributed by atoms with E-state index in [1.807, 2.05) is 18.2 Å². The average molecular weight is 293 g/mol. The van der Waals surface area contributed by atoms with Crippen molar-refractivity contribution in [3.8, 4) is 11.5 Å². The molecule has 0 saturated carbocycles. The second kappa shape index (κ2) is 6.67. The van der Waals surface area contributed by atoms with E-state index in [0.717, 1.165) is 36.6 Å². The lowest BCUT2D eigenvalue weighted by atomic mass is 9.88. The molecule has 1 N–H and O–H groups in total. The summed E-state index contributed by atoms with van der Waals surface area (Å²) in [6.45, 7) is 8.43. The third-order valence-electron chi connectivity index (χ3n) is 3.68. The highest BCUT2D eigenvalue weighted by atomic mass is 16.5. The third kappa shape index (κ3) is 4.35. The van der Waals surface area contributed by atoms with E-state index in [4.69, 9.17) is 14.2 Å². The Labute approximate surface area is 127 Å². The number of benzene rings is 1. The quantitative estimate of drug-likeness (QED) is 0.925. The van der Waals surface area contributed by atoms with Crippen LogP contribution in [0.1, 0.15) is 38.9 Å². The van der Waals surface area contributed by atoms with Gasteiger partial charge in [-0.1, -0.05) is 20.8 Å². The van der Waals surface area contributed by atoms with Gasteiger partial charge in [0, 0.05) is 18.7 Å². The molecular weight excluding hydrogens is 266 g/mol. The molecule has 0 aromatic heterocycles. The van der Waals surface area contributed by atoms with Gasteiger partial charge in [-0.15, -0.1) is 0 Å². The van der Waals surface area contributed by atoms with Gasteiger partial charge in [-0.3, -0.25) is 0 Å². The molecule has 0 amide bonds. The molecule has 1 heterocycles. The first-order valence-corrected chi connectivity index (χ1v) is 7.51. The molecule has 0 spiro atoms. The predicted molar refractivity (Wildman–Crippen MR) is 84.1 cm³/mol. The fourth-order valence-corrected chi connectivity index (χ4v) is 2.78. The van der Waals surface area contributed by atoms with Crippen LogP contribution < -0.4 is 14.8 Å². The largest absolute Gasteiger partial charge is 0.497 e. The van der Waals surface area contributed by atoms with E-state index in [-0.39, 0.29) is 17.6 Å². The summed E-state index contributed by atoms with van der Waals surface area (Å²) >= 11 is 0. The third-order valence-corrected chi connectivity index (χ3v) is 3.68. The van der Waals surface area contributed by atoms with Gasteiger partial charge in [0.2, 0.25) is 0 Å². The van der Waals surface area contributed by atoms with Crippen molar-refractivity contribution in [2.75, 3.05) is 27.3 Å². The van der Waals surface area contributed by atoms with Gasteiger partial charge in [-0.25, -0.2) is 0 Å². The van der Waals surface area contributed by atoms with E-state index in [9.17, 15) is 0 Å². The molecule has 118 valence electrons. The van der Waals surface area contributed by atoms with Crippen LogP contribution in [-0.2, 0) is 4.74 Å². The molecule has 1 saturated heterocycles. The van der Waals surface area contributed by atoms with Crippen LogP contribution in [0.3, 0.4) is 0 Å². The number of hydrogen-bond acceptors (Lipinski definition) is 4.